The maximum atomic E-state index is 11.9. The van der Waals surface area contributed by atoms with Crippen molar-refractivity contribution in [1.29, 1.82) is 0 Å². The Morgan fingerprint density at radius 3 is 2.56 bits per heavy atom. The Kier molecular flexibility index (Phi) is 6.04. The Balaban J connectivity index is 1.33. The van der Waals surface area contributed by atoms with Crippen LogP contribution in [0.2, 0.25) is 0 Å². The Bertz CT molecular complexity index is 582. The molecule has 6 heteroatoms. The van der Waals surface area contributed by atoms with Crippen LogP contribution >= 0.6 is 0 Å². The SMILES string of the molecule is O=C(O)CN(CC1CC1)C1CC(NC(=O)COCc2ccccc2)C1. The Labute approximate surface area is 148 Å². The smallest absolute Gasteiger partial charge is 0.317 e. The second-order valence-corrected chi connectivity index (χ2v) is 7.13. The molecule has 0 spiro atoms. The van der Waals surface area contributed by atoms with Crippen LogP contribution < -0.4 is 5.32 Å². The zero-order chi connectivity index (χ0) is 17.6. The van der Waals surface area contributed by atoms with Gasteiger partial charge in [0, 0.05) is 18.6 Å². The third-order valence-electron chi connectivity index (χ3n) is 4.87. The van der Waals surface area contributed by atoms with Crippen molar-refractivity contribution in [2.24, 2.45) is 5.92 Å². The quantitative estimate of drug-likeness (QED) is 0.673. The standard InChI is InChI=1S/C19H26N2O4/c22-18(13-25-12-15-4-2-1-3-5-15)20-16-8-17(9-16)21(11-19(23)24)10-14-6-7-14/h1-5,14,16-17H,6-13H2,(H,20,22)(H,23,24). The molecule has 2 saturated carbocycles. The van der Waals surface area contributed by atoms with Gasteiger partial charge in [-0.15, -0.1) is 0 Å². The molecule has 0 bridgehead atoms. The molecule has 0 heterocycles. The van der Waals surface area contributed by atoms with Crippen molar-refractivity contribution in [2.75, 3.05) is 19.7 Å². The van der Waals surface area contributed by atoms with Gasteiger partial charge in [0.1, 0.15) is 6.61 Å². The number of carbonyl (C=O) groups is 2. The van der Waals surface area contributed by atoms with E-state index in [2.05, 4.69) is 10.2 Å². The van der Waals surface area contributed by atoms with E-state index in [4.69, 9.17) is 9.84 Å². The number of amides is 1. The fourth-order valence-electron chi connectivity index (χ4n) is 3.26. The van der Waals surface area contributed by atoms with E-state index < -0.39 is 5.97 Å². The van der Waals surface area contributed by atoms with Gasteiger partial charge in [0.05, 0.1) is 13.2 Å². The number of rotatable bonds is 10. The van der Waals surface area contributed by atoms with E-state index in [1.54, 1.807) is 0 Å². The van der Waals surface area contributed by atoms with Crippen molar-refractivity contribution in [3.8, 4) is 0 Å². The third kappa shape index (κ3) is 5.83. The minimum absolute atomic E-state index is 0.0526. The summed E-state index contributed by atoms with van der Waals surface area (Å²) in [6.45, 7) is 1.45. The lowest BCUT2D eigenvalue weighted by Crippen LogP contribution is -2.55. The van der Waals surface area contributed by atoms with Gasteiger partial charge >= 0.3 is 5.97 Å². The first-order valence-corrected chi connectivity index (χ1v) is 8.97. The zero-order valence-corrected chi connectivity index (χ0v) is 14.4. The minimum Gasteiger partial charge on any atom is -0.480 e. The first kappa shape index (κ1) is 17.9. The Morgan fingerprint density at radius 2 is 1.92 bits per heavy atom. The molecular formula is C19H26N2O4. The van der Waals surface area contributed by atoms with Crippen molar-refractivity contribution in [1.82, 2.24) is 10.2 Å². The van der Waals surface area contributed by atoms with Crippen LogP contribution in [0.5, 0.6) is 0 Å². The predicted molar refractivity (Wildman–Crippen MR) is 93.0 cm³/mol. The lowest BCUT2D eigenvalue weighted by atomic mass is 9.85. The number of aliphatic carboxylic acids is 1. The number of ether oxygens (including phenoxy) is 1. The van der Waals surface area contributed by atoms with Gasteiger partial charge in [0.25, 0.3) is 0 Å². The first-order valence-electron chi connectivity index (χ1n) is 8.97. The molecule has 2 N–H and O–H groups in total. The van der Waals surface area contributed by atoms with E-state index in [0.717, 1.165) is 24.9 Å². The van der Waals surface area contributed by atoms with Crippen molar-refractivity contribution < 1.29 is 19.4 Å². The molecule has 0 unspecified atom stereocenters. The van der Waals surface area contributed by atoms with E-state index in [-0.39, 0.29) is 31.1 Å². The van der Waals surface area contributed by atoms with Crippen LogP contribution in [-0.4, -0.2) is 53.7 Å². The van der Waals surface area contributed by atoms with Crippen LogP contribution in [-0.2, 0) is 20.9 Å². The normalized spacial score (nSPS) is 22.4. The number of carbonyl (C=O) groups excluding carboxylic acids is 1. The molecule has 1 amide bonds. The predicted octanol–water partition coefficient (Wildman–Crippen LogP) is 1.65. The maximum Gasteiger partial charge on any atom is 0.317 e. The summed E-state index contributed by atoms with van der Waals surface area (Å²) in [5.41, 5.74) is 1.04. The molecule has 25 heavy (non-hydrogen) atoms. The van der Waals surface area contributed by atoms with Crippen LogP contribution in [0.3, 0.4) is 0 Å². The van der Waals surface area contributed by atoms with Gasteiger partial charge in [-0.1, -0.05) is 30.3 Å². The van der Waals surface area contributed by atoms with Gasteiger partial charge in [-0.3, -0.25) is 14.5 Å². The lowest BCUT2D eigenvalue weighted by molar-refractivity contribution is -0.140. The number of carboxylic acid groups (broad SMARTS) is 1. The van der Waals surface area contributed by atoms with Gasteiger partial charge in [0.2, 0.25) is 5.91 Å². The Morgan fingerprint density at radius 1 is 1.20 bits per heavy atom. The van der Waals surface area contributed by atoms with Crippen molar-refractivity contribution >= 4 is 11.9 Å². The van der Waals surface area contributed by atoms with Gasteiger partial charge in [-0.05, 0) is 37.2 Å². The summed E-state index contributed by atoms with van der Waals surface area (Å²) in [6.07, 6.45) is 4.07. The summed E-state index contributed by atoms with van der Waals surface area (Å²) < 4.78 is 5.44. The lowest BCUT2D eigenvalue weighted by Gasteiger charge is -2.42. The number of nitrogens with one attached hydrogen (secondary N) is 1. The molecule has 0 atom stereocenters. The molecule has 2 aliphatic carbocycles. The number of hydrogen-bond acceptors (Lipinski definition) is 4. The van der Waals surface area contributed by atoms with Gasteiger partial charge in [-0.2, -0.15) is 0 Å². The fraction of sp³-hybridized carbons (Fsp3) is 0.579. The van der Waals surface area contributed by atoms with E-state index >= 15 is 0 Å². The summed E-state index contributed by atoms with van der Waals surface area (Å²) in [7, 11) is 0. The van der Waals surface area contributed by atoms with Gasteiger partial charge in [0.15, 0.2) is 0 Å². The number of nitrogens with zero attached hydrogens (tertiary/aromatic N) is 1. The second-order valence-electron chi connectivity index (χ2n) is 7.13. The molecule has 0 saturated heterocycles. The fourth-order valence-corrected chi connectivity index (χ4v) is 3.26. The van der Waals surface area contributed by atoms with E-state index in [9.17, 15) is 9.59 Å². The van der Waals surface area contributed by atoms with E-state index in [0.29, 0.717) is 12.5 Å². The van der Waals surface area contributed by atoms with E-state index in [1.165, 1.54) is 12.8 Å². The highest BCUT2D eigenvalue weighted by atomic mass is 16.5. The van der Waals surface area contributed by atoms with Crippen LogP contribution in [0, 0.1) is 5.92 Å². The van der Waals surface area contributed by atoms with E-state index in [1.807, 2.05) is 30.3 Å². The minimum atomic E-state index is -0.776. The van der Waals surface area contributed by atoms with Crippen LogP contribution in [0.25, 0.3) is 0 Å². The summed E-state index contributed by atoms with van der Waals surface area (Å²) in [6, 6.07) is 10.2. The zero-order valence-electron chi connectivity index (χ0n) is 14.4. The van der Waals surface area contributed by atoms with Gasteiger partial charge in [-0.25, -0.2) is 0 Å². The second kappa shape index (κ2) is 8.45. The average molecular weight is 346 g/mol. The highest BCUT2D eigenvalue weighted by molar-refractivity contribution is 5.77. The Hall–Kier alpha value is -1.92. The molecule has 136 valence electrons. The van der Waals surface area contributed by atoms with Crippen molar-refractivity contribution in [3.63, 3.8) is 0 Å². The highest BCUT2D eigenvalue weighted by Gasteiger charge is 2.37. The maximum absolute atomic E-state index is 11.9. The van der Waals surface area contributed by atoms with Crippen LogP contribution in [0.15, 0.2) is 30.3 Å². The van der Waals surface area contributed by atoms with Crippen LogP contribution in [0.4, 0.5) is 0 Å². The molecule has 0 aromatic heterocycles. The molecule has 0 radical (unpaired) electrons. The summed E-state index contributed by atoms with van der Waals surface area (Å²) in [4.78, 5) is 25.0. The summed E-state index contributed by atoms with van der Waals surface area (Å²) in [5.74, 6) is -0.215. The monoisotopic (exact) mass is 346 g/mol. The first-order chi connectivity index (χ1) is 12.1. The van der Waals surface area contributed by atoms with Crippen LogP contribution in [0.1, 0.15) is 31.2 Å². The number of benzene rings is 1. The molecule has 0 aliphatic heterocycles. The highest BCUT2D eigenvalue weighted by Crippen LogP contribution is 2.33. The number of carboxylic acids is 1. The average Bonchev–Trinajstić information content (AvgIpc) is 3.34. The summed E-state index contributed by atoms with van der Waals surface area (Å²) in [5, 5.41) is 12.0. The molecule has 2 aliphatic rings. The largest absolute Gasteiger partial charge is 0.480 e. The molecule has 6 nitrogen and oxygen atoms in total. The molecule has 1 aromatic rings. The molecular weight excluding hydrogens is 320 g/mol. The topological polar surface area (TPSA) is 78.9 Å². The molecule has 1 aromatic carbocycles. The van der Waals surface area contributed by atoms with Gasteiger partial charge < -0.3 is 15.2 Å². The van der Waals surface area contributed by atoms with Crippen molar-refractivity contribution in [3.05, 3.63) is 35.9 Å². The third-order valence-corrected chi connectivity index (χ3v) is 4.87. The van der Waals surface area contributed by atoms with Crippen molar-refractivity contribution in [2.45, 2.75) is 44.4 Å². The number of hydrogen-bond donors (Lipinski definition) is 2. The molecule has 3 rings (SSSR count). The molecule has 2 fully saturated rings. The summed E-state index contributed by atoms with van der Waals surface area (Å²) >= 11 is 0.